The van der Waals surface area contributed by atoms with Crippen molar-refractivity contribution in [3.63, 3.8) is 0 Å². The van der Waals surface area contributed by atoms with Crippen LogP contribution in [0.4, 0.5) is 0 Å². The molecule has 0 bridgehead atoms. The van der Waals surface area contributed by atoms with Gasteiger partial charge in [-0.25, -0.2) is 0 Å². The van der Waals surface area contributed by atoms with Gasteiger partial charge < -0.3 is 10.5 Å². The van der Waals surface area contributed by atoms with Crippen molar-refractivity contribution in [2.45, 2.75) is 31.7 Å². The molecule has 0 radical (unpaired) electrons. The third-order valence-corrected chi connectivity index (χ3v) is 2.91. The minimum absolute atomic E-state index is 0.440. The summed E-state index contributed by atoms with van der Waals surface area (Å²) in [6.07, 6.45) is 5.22. The van der Waals surface area contributed by atoms with E-state index in [1.165, 1.54) is 25.7 Å². The van der Waals surface area contributed by atoms with Gasteiger partial charge in [0.15, 0.2) is 0 Å². The minimum atomic E-state index is 0.440. The molecule has 0 unspecified atom stereocenters. The largest absolute Gasteiger partial charge is 0.381 e. The highest BCUT2D eigenvalue weighted by Gasteiger charge is 2.34. The fourth-order valence-electron chi connectivity index (χ4n) is 1.94. The second kappa shape index (κ2) is 3.11. The molecular weight excluding hydrogens is 138 g/mol. The van der Waals surface area contributed by atoms with Gasteiger partial charge in [0.1, 0.15) is 0 Å². The normalized spacial score (nSPS) is 35.2. The molecule has 0 aromatic rings. The van der Waals surface area contributed by atoms with Crippen molar-refractivity contribution in [1.82, 2.24) is 0 Å². The minimum Gasteiger partial charge on any atom is -0.381 e. The van der Waals surface area contributed by atoms with Crippen LogP contribution in [0.25, 0.3) is 0 Å². The van der Waals surface area contributed by atoms with Crippen LogP contribution in [0, 0.1) is 11.8 Å². The molecule has 2 fully saturated rings. The van der Waals surface area contributed by atoms with E-state index in [9.17, 15) is 0 Å². The van der Waals surface area contributed by atoms with E-state index in [0.717, 1.165) is 19.1 Å². The predicted molar refractivity (Wildman–Crippen MR) is 44.2 cm³/mol. The summed E-state index contributed by atoms with van der Waals surface area (Å²) in [6, 6.07) is 0.440. The highest BCUT2D eigenvalue weighted by molar-refractivity contribution is 4.89. The lowest BCUT2D eigenvalue weighted by Crippen LogP contribution is -2.37. The zero-order valence-electron chi connectivity index (χ0n) is 6.96. The number of ether oxygens (including phenoxy) is 1. The number of nitrogens with two attached hydrogens (primary N) is 1. The van der Waals surface area contributed by atoms with E-state index in [1.54, 1.807) is 0 Å². The Balaban J connectivity index is 1.81. The first kappa shape index (κ1) is 7.56. The molecule has 64 valence electrons. The maximum Gasteiger partial charge on any atom is 0.0509 e. The van der Waals surface area contributed by atoms with Crippen LogP contribution in [-0.2, 0) is 4.74 Å². The smallest absolute Gasteiger partial charge is 0.0509 e. The summed E-state index contributed by atoms with van der Waals surface area (Å²) in [5.41, 5.74) is 6.07. The molecule has 1 aliphatic carbocycles. The molecular formula is C9H17NO. The van der Waals surface area contributed by atoms with Crippen LogP contribution in [0.15, 0.2) is 0 Å². The zero-order valence-corrected chi connectivity index (χ0v) is 6.96. The number of hydrogen-bond acceptors (Lipinski definition) is 2. The summed E-state index contributed by atoms with van der Waals surface area (Å²) in [5, 5.41) is 0. The summed E-state index contributed by atoms with van der Waals surface area (Å²) in [5.74, 6) is 1.50. The highest BCUT2D eigenvalue weighted by Crippen LogP contribution is 2.36. The fourth-order valence-corrected chi connectivity index (χ4v) is 1.94. The molecule has 2 atom stereocenters. The highest BCUT2D eigenvalue weighted by atomic mass is 16.5. The van der Waals surface area contributed by atoms with E-state index < -0.39 is 0 Å². The molecule has 2 aliphatic rings. The molecule has 2 heteroatoms. The maximum atomic E-state index is 6.07. The third-order valence-electron chi connectivity index (χ3n) is 2.91. The number of rotatable bonds is 2. The summed E-state index contributed by atoms with van der Waals surface area (Å²) in [4.78, 5) is 0. The van der Waals surface area contributed by atoms with Gasteiger partial charge in [-0.05, 0) is 37.5 Å². The second-order valence-corrected chi connectivity index (χ2v) is 3.89. The van der Waals surface area contributed by atoms with E-state index in [0.29, 0.717) is 12.0 Å². The van der Waals surface area contributed by atoms with E-state index in [1.807, 2.05) is 0 Å². The van der Waals surface area contributed by atoms with Gasteiger partial charge in [-0.3, -0.25) is 0 Å². The van der Waals surface area contributed by atoms with Crippen LogP contribution < -0.4 is 5.73 Å². The van der Waals surface area contributed by atoms with Crippen LogP contribution in [0.2, 0.25) is 0 Å². The Bertz CT molecular complexity index is 128. The molecule has 1 saturated heterocycles. The lowest BCUT2D eigenvalue weighted by molar-refractivity contribution is 0.0420. The molecule has 1 saturated carbocycles. The standard InChI is InChI=1S/C9H17NO/c10-9(7-3-4-7)8-2-1-5-11-6-8/h7-9H,1-6,10H2/t8-,9-/m0/s1. The molecule has 0 amide bonds. The lowest BCUT2D eigenvalue weighted by atomic mass is 9.91. The Morgan fingerprint density at radius 3 is 2.55 bits per heavy atom. The van der Waals surface area contributed by atoms with Gasteiger partial charge in [0, 0.05) is 12.6 Å². The van der Waals surface area contributed by atoms with Crippen molar-refractivity contribution in [1.29, 1.82) is 0 Å². The first-order valence-electron chi connectivity index (χ1n) is 4.71. The van der Waals surface area contributed by atoms with Crippen molar-refractivity contribution in [2.75, 3.05) is 13.2 Å². The van der Waals surface area contributed by atoms with Crippen LogP contribution >= 0.6 is 0 Å². The van der Waals surface area contributed by atoms with Crippen molar-refractivity contribution < 1.29 is 4.74 Å². The van der Waals surface area contributed by atoms with Gasteiger partial charge in [0.25, 0.3) is 0 Å². The quantitative estimate of drug-likeness (QED) is 0.649. The average Bonchev–Trinajstić information content (AvgIpc) is 2.87. The maximum absolute atomic E-state index is 6.07. The van der Waals surface area contributed by atoms with E-state index >= 15 is 0 Å². The van der Waals surface area contributed by atoms with Gasteiger partial charge >= 0.3 is 0 Å². The lowest BCUT2D eigenvalue weighted by Gasteiger charge is -2.27. The van der Waals surface area contributed by atoms with Crippen LogP contribution in [0.1, 0.15) is 25.7 Å². The second-order valence-electron chi connectivity index (χ2n) is 3.89. The Morgan fingerprint density at radius 1 is 1.18 bits per heavy atom. The van der Waals surface area contributed by atoms with Gasteiger partial charge in [0.05, 0.1) is 6.61 Å². The molecule has 1 aliphatic heterocycles. The first-order valence-corrected chi connectivity index (χ1v) is 4.71. The van der Waals surface area contributed by atoms with Crippen LogP contribution in [0.5, 0.6) is 0 Å². The summed E-state index contributed by atoms with van der Waals surface area (Å²) in [7, 11) is 0. The third kappa shape index (κ3) is 1.74. The topological polar surface area (TPSA) is 35.2 Å². The van der Waals surface area contributed by atoms with Crippen molar-refractivity contribution >= 4 is 0 Å². The van der Waals surface area contributed by atoms with E-state index in [-0.39, 0.29) is 0 Å². The number of hydrogen-bond donors (Lipinski definition) is 1. The fraction of sp³-hybridized carbons (Fsp3) is 1.00. The Morgan fingerprint density at radius 2 is 2.00 bits per heavy atom. The van der Waals surface area contributed by atoms with E-state index in [2.05, 4.69) is 0 Å². The van der Waals surface area contributed by atoms with Crippen LogP contribution in [-0.4, -0.2) is 19.3 Å². The average molecular weight is 155 g/mol. The first-order chi connectivity index (χ1) is 5.38. The van der Waals surface area contributed by atoms with Crippen molar-refractivity contribution in [3.8, 4) is 0 Å². The SMILES string of the molecule is N[C@@H](C1CC1)[C@H]1CCCOC1. The summed E-state index contributed by atoms with van der Waals surface area (Å²) >= 11 is 0. The van der Waals surface area contributed by atoms with Gasteiger partial charge in [-0.1, -0.05) is 0 Å². The molecule has 0 aromatic heterocycles. The molecule has 2 rings (SSSR count). The van der Waals surface area contributed by atoms with Crippen LogP contribution in [0.3, 0.4) is 0 Å². The van der Waals surface area contributed by atoms with Crippen molar-refractivity contribution in [2.24, 2.45) is 17.6 Å². The Labute approximate surface area is 68.1 Å². The zero-order chi connectivity index (χ0) is 7.68. The van der Waals surface area contributed by atoms with Crippen molar-refractivity contribution in [3.05, 3.63) is 0 Å². The van der Waals surface area contributed by atoms with Gasteiger partial charge in [-0.15, -0.1) is 0 Å². The molecule has 1 heterocycles. The summed E-state index contributed by atoms with van der Waals surface area (Å²) < 4.78 is 5.40. The Hall–Kier alpha value is -0.0800. The Kier molecular flexibility index (Phi) is 2.14. The summed E-state index contributed by atoms with van der Waals surface area (Å²) in [6.45, 7) is 1.87. The van der Waals surface area contributed by atoms with E-state index in [4.69, 9.17) is 10.5 Å². The van der Waals surface area contributed by atoms with Gasteiger partial charge in [-0.2, -0.15) is 0 Å². The molecule has 11 heavy (non-hydrogen) atoms. The molecule has 2 nitrogen and oxygen atoms in total. The molecule has 2 N–H and O–H groups in total. The molecule has 0 spiro atoms. The monoisotopic (exact) mass is 155 g/mol. The van der Waals surface area contributed by atoms with Gasteiger partial charge in [0.2, 0.25) is 0 Å². The predicted octanol–water partition coefficient (Wildman–Crippen LogP) is 1.15. The molecule has 0 aromatic carbocycles.